The molecule has 0 bridgehead atoms. The highest BCUT2D eigenvalue weighted by Gasteiger charge is 2.10. The van der Waals surface area contributed by atoms with E-state index in [4.69, 9.17) is 23.2 Å². The lowest BCUT2D eigenvalue weighted by molar-refractivity contribution is -0.120. The number of rotatable bonds is 6. The molecular weight excluding hydrogens is 305 g/mol. The van der Waals surface area contributed by atoms with Gasteiger partial charge in [-0.25, -0.2) is 0 Å². The van der Waals surface area contributed by atoms with Crippen LogP contribution in [0.5, 0.6) is 0 Å². The van der Waals surface area contributed by atoms with Crippen LogP contribution in [0.2, 0.25) is 10.0 Å². The lowest BCUT2D eigenvalue weighted by Gasteiger charge is -2.08. The minimum Gasteiger partial charge on any atom is -0.356 e. The summed E-state index contributed by atoms with van der Waals surface area (Å²) in [5.41, 5.74) is 1.96. The summed E-state index contributed by atoms with van der Waals surface area (Å²) >= 11 is 12.1. The zero-order chi connectivity index (χ0) is 15.1. The lowest BCUT2D eigenvalue weighted by atomic mass is 10.1. The Bertz CT molecular complexity index is 579. The summed E-state index contributed by atoms with van der Waals surface area (Å²) in [6, 6.07) is 15.5. The summed E-state index contributed by atoms with van der Waals surface area (Å²) in [5.74, 6) is -0.0574. The molecule has 1 N–H and O–H groups in total. The van der Waals surface area contributed by atoms with Crippen molar-refractivity contribution in [3.8, 4) is 0 Å². The summed E-state index contributed by atoms with van der Waals surface area (Å²) in [4.78, 5) is 11.9. The fourth-order valence-corrected chi connectivity index (χ4v) is 2.62. The molecule has 0 aliphatic carbocycles. The van der Waals surface area contributed by atoms with Crippen molar-refractivity contribution in [2.24, 2.45) is 0 Å². The van der Waals surface area contributed by atoms with Gasteiger partial charge in [-0.3, -0.25) is 4.79 Å². The monoisotopic (exact) mass is 321 g/mol. The fraction of sp³-hybridized carbons (Fsp3) is 0.235. The molecule has 2 rings (SSSR count). The first-order chi connectivity index (χ1) is 10.2. The van der Waals surface area contributed by atoms with Crippen molar-refractivity contribution >= 4 is 29.1 Å². The number of aryl methyl sites for hydroxylation is 1. The van der Waals surface area contributed by atoms with E-state index in [2.05, 4.69) is 17.4 Å². The molecule has 0 fully saturated rings. The van der Waals surface area contributed by atoms with Crippen LogP contribution in [0.25, 0.3) is 0 Å². The Morgan fingerprint density at radius 1 is 0.952 bits per heavy atom. The number of carbonyl (C=O) groups is 1. The molecule has 0 spiro atoms. The Kier molecular flexibility index (Phi) is 6.09. The molecule has 21 heavy (non-hydrogen) atoms. The van der Waals surface area contributed by atoms with Crippen LogP contribution >= 0.6 is 23.2 Å². The molecule has 110 valence electrons. The zero-order valence-corrected chi connectivity index (χ0v) is 13.1. The van der Waals surface area contributed by atoms with E-state index in [0.29, 0.717) is 22.2 Å². The molecule has 0 saturated heterocycles. The Morgan fingerprint density at radius 3 is 2.29 bits per heavy atom. The van der Waals surface area contributed by atoms with Crippen LogP contribution in [0, 0.1) is 0 Å². The van der Waals surface area contributed by atoms with Crippen LogP contribution in [0.3, 0.4) is 0 Å². The van der Waals surface area contributed by atoms with Gasteiger partial charge in [0.1, 0.15) is 0 Å². The van der Waals surface area contributed by atoms with Gasteiger partial charge in [0.05, 0.1) is 6.42 Å². The quantitative estimate of drug-likeness (QED) is 0.790. The van der Waals surface area contributed by atoms with Crippen molar-refractivity contribution < 1.29 is 4.79 Å². The largest absolute Gasteiger partial charge is 0.356 e. The van der Waals surface area contributed by atoms with E-state index in [1.54, 1.807) is 18.2 Å². The van der Waals surface area contributed by atoms with E-state index in [1.807, 2.05) is 18.2 Å². The topological polar surface area (TPSA) is 29.1 Å². The highest BCUT2D eigenvalue weighted by molar-refractivity contribution is 6.36. The Hall–Kier alpha value is -1.51. The Balaban J connectivity index is 1.75. The maximum atomic E-state index is 11.9. The Morgan fingerprint density at radius 2 is 1.62 bits per heavy atom. The summed E-state index contributed by atoms with van der Waals surface area (Å²) < 4.78 is 0. The molecule has 0 saturated carbocycles. The third kappa shape index (κ3) is 5.07. The minimum atomic E-state index is -0.0574. The molecule has 0 heterocycles. The van der Waals surface area contributed by atoms with Crippen LogP contribution in [0.1, 0.15) is 17.5 Å². The van der Waals surface area contributed by atoms with E-state index in [-0.39, 0.29) is 12.3 Å². The van der Waals surface area contributed by atoms with Gasteiger partial charge in [0.15, 0.2) is 0 Å². The average molecular weight is 322 g/mol. The van der Waals surface area contributed by atoms with E-state index in [9.17, 15) is 4.79 Å². The molecule has 0 radical (unpaired) electrons. The van der Waals surface area contributed by atoms with E-state index in [1.165, 1.54) is 5.56 Å². The van der Waals surface area contributed by atoms with E-state index in [0.717, 1.165) is 12.8 Å². The van der Waals surface area contributed by atoms with E-state index < -0.39 is 0 Å². The molecule has 1 amide bonds. The zero-order valence-electron chi connectivity index (χ0n) is 11.6. The molecule has 0 aromatic heterocycles. The van der Waals surface area contributed by atoms with Crippen molar-refractivity contribution in [2.75, 3.05) is 6.54 Å². The number of nitrogens with one attached hydrogen (secondary N) is 1. The molecule has 0 aliphatic rings. The standard InChI is InChI=1S/C17H17Cl2NO/c18-15-9-4-10-16(19)14(15)12-17(21)20-11-5-8-13-6-2-1-3-7-13/h1-4,6-7,9-10H,5,8,11-12H2,(H,20,21). The van der Waals surface area contributed by atoms with Gasteiger partial charge < -0.3 is 5.32 Å². The van der Waals surface area contributed by atoms with Crippen molar-refractivity contribution in [1.82, 2.24) is 5.32 Å². The number of hydrogen-bond acceptors (Lipinski definition) is 1. The normalized spacial score (nSPS) is 10.4. The first-order valence-electron chi connectivity index (χ1n) is 6.90. The number of carbonyl (C=O) groups excluding carboxylic acids is 1. The first-order valence-corrected chi connectivity index (χ1v) is 7.66. The minimum absolute atomic E-state index is 0.0574. The predicted molar refractivity (Wildman–Crippen MR) is 87.9 cm³/mol. The van der Waals surface area contributed by atoms with Gasteiger partial charge in [0.2, 0.25) is 5.91 Å². The van der Waals surface area contributed by atoms with Gasteiger partial charge in [-0.15, -0.1) is 0 Å². The SMILES string of the molecule is O=C(Cc1c(Cl)cccc1Cl)NCCCc1ccccc1. The van der Waals surface area contributed by atoms with Gasteiger partial charge in [-0.2, -0.15) is 0 Å². The second-order valence-corrected chi connectivity index (χ2v) is 5.63. The van der Waals surface area contributed by atoms with Crippen LogP contribution in [-0.4, -0.2) is 12.5 Å². The van der Waals surface area contributed by atoms with Crippen molar-refractivity contribution in [3.05, 3.63) is 69.7 Å². The number of halogens is 2. The summed E-state index contributed by atoms with van der Waals surface area (Å²) in [6.07, 6.45) is 2.07. The van der Waals surface area contributed by atoms with Gasteiger partial charge in [0.25, 0.3) is 0 Å². The summed E-state index contributed by atoms with van der Waals surface area (Å²) in [6.45, 7) is 0.649. The fourth-order valence-electron chi connectivity index (χ4n) is 2.09. The molecule has 2 aromatic rings. The molecule has 2 nitrogen and oxygen atoms in total. The molecule has 0 unspecified atom stereocenters. The smallest absolute Gasteiger partial charge is 0.224 e. The van der Waals surface area contributed by atoms with Crippen molar-refractivity contribution in [1.29, 1.82) is 0 Å². The van der Waals surface area contributed by atoms with Crippen molar-refractivity contribution in [2.45, 2.75) is 19.3 Å². The summed E-state index contributed by atoms with van der Waals surface area (Å²) in [7, 11) is 0. The maximum Gasteiger partial charge on any atom is 0.224 e. The van der Waals surface area contributed by atoms with Crippen LogP contribution in [-0.2, 0) is 17.6 Å². The number of hydrogen-bond donors (Lipinski definition) is 1. The van der Waals surface area contributed by atoms with Crippen LogP contribution < -0.4 is 5.32 Å². The Labute approximate surface area is 135 Å². The van der Waals surface area contributed by atoms with Gasteiger partial charge in [0, 0.05) is 16.6 Å². The molecule has 4 heteroatoms. The lowest BCUT2D eigenvalue weighted by Crippen LogP contribution is -2.26. The highest BCUT2D eigenvalue weighted by Crippen LogP contribution is 2.24. The average Bonchev–Trinajstić information content (AvgIpc) is 2.49. The van der Waals surface area contributed by atoms with Crippen LogP contribution in [0.15, 0.2) is 48.5 Å². The second kappa shape index (κ2) is 8.06. The second-order valence-electron chi connectivity index (χ2n) is 4.82. The highest BCUT2D eigenvalue weighted by atomic mass is 35.5. The molecule has 0 aliphatic heterocycles. The third-order valence-corrected chi connectivity index (χ3v) is 3.91. The predicted octanol–water partition coefficient (Wildman–Crippen LogP) is 4.28. The molecule has 0 atom stereocenters. The summed E-state index contributed by atoms with van der Waals surface area (Å²) in [5, 5.41) is 3.96. The number of benzene rings is 2. The van der Waals surface area contributed by atoms with Gasteiger partial charge in [-0.1, -0.05) is 59.6 Å². The van der Waals surface area contributed by atoms with E-state index >= 15 is 0 Å². The van der Waals surface area contributed by atoms with Gasteiger partial charge in [-0.05, 0) is 36.1 Å². The molecular formula is C17H17Cl2NO. The van der Waals surface area contributed by atoms with Crippen LogP contribution in [0.4, 0.5) is 0 Å². The van der Waals surface area contributed by atoms with Gasteiger partial charge >= 0.3 is 0 Å². The first kappa shape index (κ1) is 15.9. The maximum absolute atomic E-state index is 11.9. The third-order valence-electron chi connectivity index (χ3n) is 3.21. The number of amides is 1. The molecule has 2 aromatic carbocycles. The van der Waals surface area contributed by atoms with Crippen molar-refractivity contribution in [3.63, 3.8) is 0 Å².